The molecular weight excluding hydrogens is 278 g/mol. The van der Waals surface area contributed by atoms with E-state index in [9.17, 15) is 9.90 Å². The maximum atomic E-state index is 12.6. The normalized spacial score (nSPS) is 34.5. The molecular formula is C17H23N3O2. The Balaban J connectivity index is 1.40. The number of amides is 1. The van der Waals surface area contributed by atoms with E-state index in [1.54, 1.807) is 6.20 Å². The highest BCUT2D eigenvalue weighted by Crippen LogP contribution is 2.36. The van der Waals surface area contributed by atoms with Gasteiger partial charge in [-0.2, -0.15) is 0 Å². The molecule has 0 aromatic carbocycles. The first kappa shape index (κ1) is 14.2. The minimum atomic E-state index is -0.251. The summed E-state index contributed by atoms with van der Waals surface area (Å²) in [5, 5.41) is 9.43. The summed E-state index contributed by atoms with van der Waals surface area (Å²) in [6.45, 7) is 2.85. The van der Waals surface area contributed by atoms with Gasteiger partial charge in [0.15, 0.2) is 0 Å². The van der Waals surface area contributed by atoms with E-state index in [-0.39, 0.29) is 12.0 Å². The fourth-order valence-corrected chi connectivity index (χ4v) is 4.23. The van der Waals surface area contributed by atoms with Crippen LogP contribution in [0.5, 0.6) is 0 Å². The molecule has 3 aliphatic rings. The number of nitrogens with zero attached hydrogens (tertiary/aromatic N) is 3. The van der Waals surface area contributed by atoms with E-state index < -0.39 is 0 Å². The van der Waals surface area contributed by atoms with Crippen LogP contribution in [0.25, 0.3) is 0 Å². The SMILES string of the molecule is O=C(C1CC(O)C1)N1C2CCC1CN(Cc1cccnc1)C2. The summed E-state index contributed by atoms with van der Waals surface area (Å²) >= 11 is 0. The predicted molar refractivity (Wildman–Crippen MR) is 81.9 cm³/mol. The molecule has 4 rings (SSSR count). The minimum absolute atomic E-state index is 0.0722. The first-order valence-corrected chi connectivity index (χ1v) is 8.32. The Morgan fingerprint density at radius 1 is 1.27 bits per heavy atom. The molecule has 2 saturated heterocycles. The van der Waals surface area contributed by atoms with Gasteiger partial charge in [-0.05, 0) is 37.3 Å². The Bertz CT molecular complexity index is 530. The van der Waals surface area contributed by atoms with E-state index >= 15 is 0 Å². The first-order chi connectivity index (χ1) is 10.7. The Morgan fingerprint density at radius 2 is 2.00 bits per heavy atom. The highest BCUT2D eigenvalue weighted by molar-refractivity contribution is 5.81. The number of hydrogen-bond acceptors (Lipinski definition) is 4. The monoisotopic (exact) mass is 301 g/mol. The second-order valence-corrected chi connectivity index (χ2v) is 7.01. The van der Waals surface area contributed by atoms with Gasteiger partial charge >= 0.3 is 0 Å². The fourth-order valence-electron chi connectivity index (χ4n) is 4.23. The number of rotatable bonds is 3. The van der Waals surface area contributed by atoms with Crippen molar-refractivity contribution in [3.8, 4) is 0 Å². The second-order valence-electron chi connectivity index (χ2n) is 7.01. The number of carbonyl (C=O) groups is 1. The van der Waals surface area contributed by atoms with Gasteiger partial charge in [0, 0.05) is 50.0 Å². The molecule has 22 heavy (non-hydrogen) atoms. The van der Waals surface area contributed by atoms with E-state index in [4.69, 9.17) is 0 Å². The molecule has 1 aromatic rings. The van der Waals surface area contributed by atoms with E-state index in [0.717, 1.165) is 32.5 Å². The number of aromatic nitrogens is 1. The average molecular weight is 301 g/mol. The van der Waals surface area contributed by atoms with Crippen LogP contribution in [-0.4, -0.2) is 57.1 Å². The van der Waals surface area contributed by atoms with Crippen molar-refractivity contribution in [3.63, 3.8) is 0 Å². The zero-order chi connectivity index (χ0) is 15.1. The number of likely N-dealkylation sites (tertiary alicyclic amines) is 1. The van der Waals surface area contributed by atoms with Gasteiger partial charge in [-0.1, -0.05) is 6.07 Å². The Morgan fingerprint density at radius 3 is 2.59 bits per heavy atom. The summed E-state index contributed by atoms with van der Waals surface area (Å²) in [6.07, 6.45) is 7.04. The smallest absolute Gasteiger partial charge is 0.226 e. The molecule has 2 unspecified atom stereocenters. The molecule has 1 amide bonds. The summed E-state index contributed by atoms with van der Waals surface area (Å²) in [5.74, 6) is 0.363. The summed E-state index contributed by atoms with van der Waals surface area (Å²) < 4.78 is 0. The zero-order valence-corrected chi connectivity index (χ0v) is 12.8. The molecule has 3 fully saturated rings. The standard InChI is InChI=1S/C17H23N3O2/c21-16-6-13(7-16)17(22)20-14-3-4-15(20)11-19(10-14)9-12-2-1-5-18-8-12/h1-2,5,8,13-16,21H,3-4,6-7,9-11H2. The van der Waals surface area contributed by atoms with Crippen molar-refractivity contribution < 1.29 is 9.90 Å². The molecule has 0 radical (unpaired) electrons. The lowest BCUT2D eigenvalue weighted by Crippen LogP contribution is -2.58. The summed E-state index contributed by atoms with van der Waals surface area (Å²) in [6, 6.07) is 4.81. The van der Waals surface area contributed by atoms with Gasteiger partial charge in [-0.3, -0.25) is 14.7 Å². The van der Waals surface area contributed by atoms with E-state index in [0.29, 0.717) is 30.8 Å². The first-order valence-electron chi connectivity index (χ1n) is 8.32. The number of aliphatic hydroxyl groups excluding tert-OH is 1. The maximum Gasteiger partial charge on any atom is 0.226 e. The molecule has 2 aliphatic heterocycles. The molecule has 118 valence electrons. The molecule has 2 atom stereocenters. The lowest BCUT2D eigenvalue weighted by atomic mass is 9.81. The molecule has 1 aromatic heterocycles. The molecule has 0 spiro atoms. The van der Waals surface area contributed by atoms with Crippen LogP contribution < -0.4 is 0 Å². The molecule has 1 aliphatic carbocycles. The van der Waals surface area contributed by atoms with Crippen LogP contribution in [0.2, 0.25) is 0 Å². The zero-order valence-electron chi connectivity index (χ0n) is 12.8. The van der Waals surface area contributed by atoms with Crippen molar-refractivity contribution >= 4 is 5.91 Å². The van der Waals surface area contributed by atoms with Crippen LogP contribution >= 0.6 is 0 Å². The fraction of sp³-hybridized carbons (Fsp3) is 0.647. The number of aliphatic hydroxyl groups is 1. The van der Waals surface area contributed by atoms with E-state index in [1.165, 1.54) is 5.56 Å². The van der Waals surface area contributed by atoms with E-state index in [2.05, 4.69) is 20.9 Å². The molecule has 5 nitrogen and oxygen atoms in total. The largest absolute Gasteiger partial charge is 0.393 e. The van der Waals surface area contributed by atoms with Crippen LogP contribution in [0.3, 0.4) is 0 Å². The van der Waals surface area contributed by atoms with E-state index in [1.807, 2.05) is 12.3 Å². The Kier molecular flexibility index (Phi) is 3.62. The number of carbonyl (C=O) groups excluding carboxylic acids is 1. The third-order valence-electron chi connectivity index (χ3n) is 5.40. The van der Waals surface area contributed by atoms with Gasteiger partial charge in [0.05, 0.1) is 6.10 Å². The van der Waals surface area contributed by atoms with Gasteiger partial charge in [0.1, 0.15) is 0 Å². The third-order valence-corrected chi connectivity index (χ3v) is 5.40. The van der Waals surface area contributed by atoms with Gasteiger partial charge in [-0.25, -0.2) is 0 Å². The van der Waals surface area contributed by atoms with Crippen molar-refractivity contribution in [1.82, 2.24) is 14.8 Å². The number of fused-ring (bicyclic) bond motifs is 2. The number of pyridine rings is 1. The maximum absolute atomic E-state index is 12.6. The van der Waals surface area contributed by atoms with Crippen molar-refractivity contribution in [2.45, 2.75) is 50.4 Å². The molecule has 5 heteroatoms. The molecule has 3 heterocycles. The third kappa shape index (κ3) is 2.52. The molecule has 1 saturated carbocycles. The van der Waals surface area contributed by atoms with Crippen LogP contribution in [0, 0.1) is 5.92 Å². The summed E-state index contributed by atoms with van der Waals surface area (Å²) in [4.78, 5) is 21.4. The number of hydrogen-bond donors (Lipinski definition) is 1. The number of piperazine rings is 1. The quantitative estimate of drug-likeness (QED) is 0.906. The van der Waals surface area contributed by atoms with Crippen molar-refractivity contribution in [3.05, 3.63) is 30.1 Å². The van der Waals surface area contributed by atoms with Crippen LogP contribution in [0.4, 0.5) is 0 Å². The lowest BCUT2D eigenvalue weighted by molar-refractivity contribution is -0.148. The van der Waals surface area contributed by atoms with Crippen LogP contribution in [-0.2, 0) is 11.3 Å². The Hall–Kier alpha value is -1.46. The second kappa shape index (κ2) is 5.63. The lowest BCUT2D eigenvalue weighted by Gasteiger charge is -2.44. The van der Waals surface area contributed by atoms with Crippen LogP contribution in [0.15, 0.2) is 24.5 Å². The highest BCUT2D eigenvalue weighted by atomic mass is 16.3. The predicted octanol–water partition coefficient (Wildman–Crippen LogP) is 1.03. The van der Waals surface area contributed by atoms with Crippen LogP contribution in [0.1, 0.15) is 31.2 Å². The average Bonchev–Trinajstić information content (AvgIpc) is 2.76. The minimum Gasteiger partial charge on any atom is -0.393 e. The van der Waals surface area contributed by atoms with Crippen molar-refractivity contribution in [1.29, 1.82) is 0 Å². The summed E-state index contributed by atoms with van der Waals surface area (Å²) in [5.41, 5.74) is 1.24. The van der Waals surface area contributed by atoms with Gasteiger partial charge in [0.25, 0.3) is 0 Å². The highest BCUT2D eigenvalue weighted by Gasteiger charge is 2.46. The van der Waals surface area contributed by atoms with Gasteiger partial charge in [-0.15, -0.1) is 0 Å². The summed E-state index contributed by atoms with van der Waals surface area (Å²) in [7, 11) is 0. The van der Waals surface area contributed by atoms with Gasteiger partial charge in [0.2, 0.25) is 5.91 Å². The van der Waals surface area contributed by atoms with Crippen molar-refractivity contribution in [2.75, 3.05) is 13.1 Å². The Labute approximate surface area is 130 Å². The van der Waals surface area contributed by atoms with Crippen molar-refractivity contribution in [2.24, 2.45) is 5.92 Å². The van der Waals surface area contributed by atoms with Gasteiger partial charge < -0.3 is 10.0 Å². The molecule has 1 N–H and O–H groups in total. The molecule has 2 bridgehead atoms. The topological polar surface area (TPSA) is 56.7 Å².